The van der Waals surface area contributed by atoms with E-state index < -0.39 is 0 Å². The molecule has 1 heterocycles. The fraction of sp³-hybridized carbons (Fsp3) is 0.923. The van der Waals surface area contributed by atoms with Gasteiger partial charge in [0.15, 0.2) is 0 Å². The van der Waals surface area contributed by atoms with Crippen molar-refractivity contribution in [2.45, 2.75) is 31.8 Å². The van der Waals surface area contributed by atoms with E-state index in [4.69, 9.17) is 4.74 Å². The van der Waals surface area contributed by atoms with Gasteiger partial charge in [-0.15, -0.1) is 0 Å². The predicted molar refractivity (Wildman–Crippen MR) is 72.6 cm³/mol. The summed E-state index contributed by atoms with van der Waals surface area (Å²) in [5, 5.41) is 3.05. The molecule has 0 amide bonds. The van der Waals surface area contributed by atoms with Gasteiger partial charge in [0.2, 0.25) is 0 Å². The van der Waals surface area contributed by atoms with Crippen molar-refractivity contribution in [2.24, 2.45) is 0 Å². The highest BCUT2D eigenvalue weighted by atomic mass is 16.5. The summed E-state index contributed by atoms with van der Waals surface area (Å²) < 4.78 is 5.07. The van der Waals surface area contributed by atoms with Gasteiger partial charge in [-0.25, -0.2) is 0 Å². The van der Waals surface area contributed by atoms with Gasteiger partial charge >= 0.3 is 5.97 Å². The maximum absolute atomic E-state index is 11.7. The van der Waals surface area contributed by atoms with E-state index in [0.29, 0.717) is 12.6 Å². The number of rotatable bonds is 6. The first-order valence-corrected chi connectivity index (χ1v) is 6.81. The van der Waals surface area contributed by atoms with Crippen molar-refractivity contribution in [2.75, 3.05) is 47.4 Å². The molecule has 1 rings (SSSR count). The van der Waals surface area contributed by atoms with Gasteiger partial charge in [-0.2, -0.15) is 0 Å². The van der Waals surface area contributed by atoms with Crippen molar-refractivity contribution < 1.29 is 9.53 Å². The molecular weight excluding hydrogens is 230 g/mol. The molecule has 5 heteroatoms. The third kappa shape index (κ3) is 4.55. The molecule has 5 nitrogen and oxygen atoms in total. The molecule has 0 radical (unpaired) electrons. The van der Waals surface area contributed by atoms with Gasteiger partial charge < -0.3 is 15.0 Å². The van der Waals surface area contributed by atoms with Crippen LogP contribution in [0.25, 0.3) is 0 Å². The number of ether oxygens (including phenoxy) is 1. The van der Waals surface area contributed by atoms with Gasteiger partial charge in [-0.1, -0.05) is 0 Å². The van der Waals surface area contributed by atoms with Crippen LogP contribution >= 0.6 is 0 Å². The van der Waals surface area contributed by atoms with Gasteiger partial charge in [0, 0.05) is 19.1 Å². The van der Waals surface area contributed by atoms with Crippen molar-refractivity contribution in [1.82, 2.24) is 15.1 Å². The lowest BCUT2D eigenvalue weighted by molar-refractivity contribution is -0.146. The van der Waals surface area contributed by atoms with Crippen LogP contribution < -0.4 is 5.32 Å². The lowest BCUT2D eigenvalue weighted by Gasteiger charge is -2.37. The Kier molecular flexibility index (Phi) is 6.60. The van der Waals surface area contributed by atoms with Crippen LogP contribution in [0.5, 0.6) is 0 Å². The molecule has 18 heavy (non-hydrogen) atoms. The van der Waals surface area contributed by atoms with Crippen molar-refractivity contribution in [3.63, 3.8) is 0 Å². The molecule has 106 valence electrons. The Labute approximate surface area is 110 Å². The molecule has 1 saturated heterocycles. The van der Waals surface area contributed by atoms with Crippen molar-refractivity contribution >= 4 is 5.97 Å². The quantitative estimate of drug-likeness (QED) is 0.687. The topological polar surface area (TPSA) is 44.8 Å². The first-order chi connectivity index (χ1) is 8.58. The summed E-state index contributed by atoms with van der Waals surface area (Å²) in [5.74, 6) is -0.146. The Hall–Kier alpha value is -0.650. The highest BCUT2D eigenvalue weighted by Crippen LogP contribution is 2.14. The zero-order valence-corrected chi connectivity index (χ0v) is 12.1. The zero-order valence-electron chi connectivity index (χ0n) is 12.1. The van der Waals surface area contributed by atoms with E-state index in [2.05, 4.69) is 29.2 Å². The highest BCUT2D eigenvalue weighted by molar-refractivity contribution is 5.76. The number of nitrogens with zero attached hydrogens (tertiary/aromatic N) is 2. The number of carbonyl (C=O) groups excluding carboxylic acids is 1. The Morgan fingerprint density at radius 1 is 1.56 bits per heavy atom. The monoisotopic (exact) mass is 257 g/mol. The molecule has 2 atom stereocenters. The second-order valence-corrected chi connectivity index (χ2v) is 5.11. The summed E-state index contributed by atoms with van der Waals surface area (Å²) in [6, 6.07) is 0.379. The van der Waals surface area contributed by atoms with Crippen LogP contribution in [0.3, 0.4) is 0 Å². The van der Waals surface area contributed by atoms with E-state index in [1.807, 2.05) is 14.0 Å². The van der Waals surface area contributed by atoms with Crippen molar-refractivity contribution in [3.05, 3.63) is 0 Å². The summed E-state index contributed by atoms with van der Waals surface area (Å²) in [5.41, 5.74) is 0. The number of carbonyl (C=O) groups is 1. The maximum Gasteiger partial charge on any atom is 0.324 e. The van der Waals surface area contributed by atoms with Crippen LogP contribution in [0.2, 0.25) is 0 Å². The molecule has 1 fully saturated rings. The van der Waals surface area contributed by atoms with Gasteiger partial charge in [0.25, 0.3) is 0 Å². The summed E-state index contributed by atoms with van der Waals surface area (Å²) in [6.45, 7) is 5.12. The van der Waals surface area contributed by atoms with Crippen molar-refractivity contribution in [3.8, 4) is 0 Å². The minimum absolute atomic E-state index is 0.146. The first kappa shape index (κ1) is 15.4. The molecule has 1 N–H and O–H groups in total. The molecule has 0 aromatic heterocycles. The summed E-state index contributed by atoms with van der Waals surface area (Å²) in [7, 11) is 6.05. The van der Waals surface area contributed by atoms with Gasteiger partial charge in [-0.05, 0) is 47.5 Å². The maximum atomic E-state index is 11.7. The fourth-order valence-corrected chi connectivity index (χ4v) is 2.40. The van der Waals surface area contributed by atoms with Gasteiger partial charge in [0.05, 0.1) is 6.61 Å². The second kappa shape index (κ2) is 7.71. The fourth-order valence-electron chi connectivity index (χ4n) is 2.40. The van der Waals surface area contributed by atoms with E-state index in [-0.39, 0.29) is 12.0 Å². The predicted octanol–water partition coefficient (Wildman–Crippen LogP) is 0.164. The minimum Gasteiger partial charge on any atom is -0.465 e. The number of likely N-dealkylation sites (N-methyl/N-ethyl adjacent to an activating group) is 2. The van der Waals surface area contributed by atoms with E-state index >= 15 is 0 Å². The third-order valence-electron chi connectivity index (χ3n) is 3.57. The van der Waals surface area contributed by atoms with Crippen LogP contribution in [-0.2, 0) is 9.53 Å². The lowest BCUT2D eigenvalue weighted by Crippen LogP contribution is -2.51. The van der Waals surface area contributed by atoms with E-state index in [1.165, 1.54) is 12.8 Å². The summed E-state index contributed by atoms with van der Waals surface area (Å²) in [6.07, 6.45) is 2.44. The zero-order chi connectivity index (χ0) is 13.5. The summed E-state index contributed by atoms with van der Waals surface area (Å²) >= 11 is 0. The average Bonchev–Trinajstić information content (AvgIpc) is 2.36. The number of esters is 1. The minimum atomic E-state index is -0.217. The van der Waals surface area contributed by atoms with E-state index in [1.54, 1.807) is 0 Å². The number of hydrogen-bond acceptors (Lipinski definition) is 5. The Morgan fingerprint density at radius 2 is 2.28 bits per heavy atom. The molecule has 0 aromatic carbocycles. The van der Waals surface area contributed by atoms with Gasteiger partial charge in [0.1, 0.15) is 6.04 Å². The lowest BCUT2D eigenvalue weighted by atomic mass is 10.0. The van der Waals surface area contributed by atoms with Crippen LogP contribution in [0.1, 0.15) is 19.8 Å². The highest BCUT2D eigenvalue weighted by Gasteiger charge is 2.26. The molecule has 2 unspecified atom stereocenters. The molecule has 0 aliphatic carbocycles. The Bertz CT molecular complexity index is 259. The Morgan fingerprint density at radius 3 is 2.83 bits per heavy atom. The van der Waals surface area contributed by atoms with Crippen LogP contribution in [0.4, 0.5) is 0 Å². The van der Waals surface area contributed by atoms with E-state index in [9.17, 15) is 4.79 Å². The summed E-state index contributed by atoms with van der Waals surface area (Å²) in [4.78, 5) is 16.4. The second-order valence-electron chi connectivity index (χ2n) is 5.11. The van der Waals surface area contributed by atoms with Crippen molar-refractivity contribution in [1.29, 1.82) is 0 Å². The molecule has 0 saturated carbocycles. The SMILES string of the molecule is CCOC(=O)C(CN1CCCC(N(C)C)C1)NC. The largest absolute Gasteiger partial charge is 0.465 e. The molecule has 0 spiro atoms. The standard InChI is InChI=1S/C13H27N3O2/c1-5-18-13(17)12(14-2)10-16-8-6-7-11(9-16)15(3)4/h11-12,14H,5-10H2,1-4H3. The normalized spacial score (nSPS) is 23.1. The van der Waals surface area contributed by atoms with E-state index in [0.717, 1.165) is 19.6 Å². The van der Waals surface area contributed by atoms with Crippen LogP contribution in [0.15, 0.2) is 0 Å². The Balaban J connectivity index is 2.46. The third-order valence-corrected chi connectivity index (χ3v) is 3.57. The molecular formula is C13H27N3O2. The molecule has 0 aromatic rings. The number of hydrogen-bond donors (Lipinski definition) is 1. The number of nitrogens with one attached hydrogen (secondary N) is 1. The average molecular weight is 257 g/mol. The number of piperidine rings is 1. The molecule has 1 aliphatic heterocycles. The molecule has 1 aliphatic rings. The first-order valence-electron chi connectivity index (χ1n) is 6.81. The number of likely N-dealkylation sites (tertiary alicyclic amines) is 1. The van der Waals surface area contributed by atoms with Gasteiger partial charge in [-0.3, -0.25) is 9.69 Å². The van der Waals surface area contributed by atoms with Crippen LogP contribution in [-0.4, -0.2) is 75.2 Å². The smallest absolute Gasteiger partial charge is 0.324 e. The molecule has 0 bridgehead atoms. The van der Waals surface area contributed by atoms with Crippen LogP contribution in [0, 0.1) is 0 Å².